The third-order valence-corrected chi connectivity index (χ3v) is 5.59. The van der Waals surface area contributed by atoms with E-state index < -0.39 is 11.7 Å². The van der Waals surface area contributed by atoms with Crippen molar-refractivity contribution in [3.05, 3.63) is 46.4 Å². The summed E-state index contributed by atoms with van der Waals surface area (Å²) in [4.78, 5) is 38.9. The molecule has 1 aromatic heterocycles. The zero-order valence-electron chi connectivity index (χ0n) is 16.3. The number of carbonyl (C=O) groups is 2. The van der Waals surface area contributed by atoms with Crippen LogP contribution in [0.4, 0.5) is 10.1 Å². The van der Waals surface area contributed by atoms with Gasteiger partial charge in [-0.1, -0.05) is 0 Å². The largest absolute Gasteiger partial charge is 0.346 e. The standard InChI is InChI=1S/C20H24FN5O3/c1-24-18(13-8-10-25(11-9-13)19(28)14-2-3-14)23-26(20(24)29)12-17(27)22-16-6-4-15(21)5-7-16/h4-7,13-14H,2-3,8-12H2,1H3,(H,22,27). The van der Waals surface area contributed by atoms with Gasteiger partial charge in [0, 0.05) is 37.7 Å². The maximum Gasteiger partial charge on any atom is 0.346 e. The first-order valence-electron chi connectivity index (χ1n) is 9.90. The smallest absolute Gasteiger partial charge is 0.342 e. The average molecular weight is 401 g/mol. The Balaban J connectivity index is 1.39. The monoisotopic (exact) mass is 401 g/mol. The molecule has 8 nitrogen and oxygen atoms in total. The van der Waals surface area contributed by atoms with Crippen LogP contribution < -0.4 is 11.0 Å². The summed E-state index contributed by atoms with van der Waals surface area (Å²) in [5.74, 6) is 0.391. The predicted octanol–water partition coefficient (Wildman–Crippen LogP) is 1.48. The van der Waals surface area contributed by atoms with Crippen LogP contribution in [0.3, 0.4) is 0 Å². The molecule has 0 bridgehead atoms. The molecule has 1 saturated heterocycles. The van der Waals surface area contributed by atoms with Gasteiger partial charge in [-0.3, -0.25) is 14.2 Å². The molecule has 1 aliphatic carbocycles. The van der Waals surface area contributed by atoms with Crippen LogP contribution in [0.1, 0.15) is 37.4 Å². The molecule has 154 valence electrons. The minimum Gasteiger partial charge on any atom is -0.342 e. The minimum atomic E-state index is -0.409. The topological polar surface area (TPSA) is 89.2 Å². The molecule has 29 heavy (non-hydrogen) atoms. The second kappa shape index (κ2) is 7.81. The van der Waals surface area contributed by atoms with Crippen LogP contribution in [0.5, 0.6) is 0 Å². The van der Waals surface area contributed by atoms with Crippen molar-refractivity contribution in [2.24, 2.45) is 13.0 Å². The van der Waals surface area contributed by atoms with Gasteiger partial charge in [-0.25, -0.2) is 13.9 Å². The van der Waals surface area contributed by atoms with E-state index in [2.05, 4.69) is 10.4 Å². The molecule has 2 aliphatic rings. The van der Waals surface area contributed by atoms with Crippen LogP contribution in [-0.4, -0.2) is 44.2 Å². The summed E-state index contributed by atoms with van der Waals surface area (Å²) in [6, 6.07) is 5.41. The molecule has 2 aromatic rings. The fraction of sp³-hybridized carbons (Fsp3) is 0.500. The van der Waals surface area contributed by atoms with Crippen LogP contribution in [0.2, 0.25) is 0 Å². The summed E-state index contributed by atoms with van der Waals surface area (Å²) in [6.07, 6.45) is 3.50. The zero-order valence-corrected chi connectivity index (χ0v) is 16.3. The first-order chi connectivity index (χ1) is 13.9. The number of halogens is 1. The van der Waals surface area contributed by atoms with Crippen molar-refractivity contribution < 1.29 is 14.0 Å². The maximum absolute atomic E-state index is 13.0. The highest BCUT2D eigenvalue weighted by Gasteiger charge is 2.36. The molecule has 9 heteroatoms. The number of nitrogens with zero attached hydrogens (tertiary/aromatic N) is 4. The first-order valence-corrected chi connectivity index (χ1v) is 9.90. The predicted molar refractivity (Wildman–Crippen MR) is 104 cm³/mol. The number of hydrogen-bond acceptors (Lipinski definition) is 4. The summed E-state index contributed by atoms with van der Waals surface area (Å²) < 4.78 is 15.6. The molecule has 1 N–H and O–H groups in total. The zero-order chi connectivity index (χ0) is 20.5. The molecular formula is C20H24FN5O3. The summed E-state index contributed by atoms with van der Waals surface area (Å²) >= 11 is 0. The van der Waals surface area contributed by atoms with E-state index in [0.717, 1.165) is 30.4 Å². The Labute approximate surface area is 167 Å². The molecule has 0 atom stereocenters. The van der Waals surface area contributed by atoms with Crippen LogP contribution in [0, 0.1) is 11.7 Å². The summed E-state index contributed by atoms with van der Waals surface area (Å²) in [5.41, 5.74) is 0.0963. The Hall–Kier alpha value is -2.97. The van der Waals surface area contributed by atoms with Gasteiger partial charge in [-0.2, -0.15) is 5.10 Å². The summed E-state index contributed by atoms with van der Waals surface area (Å²) in [5, 5.41) is 7.02. The molecule has 0 spiro atoms. The van der Waals surface area contributed by atoms with Gasteiger partial charge in [0.1, 0.15) is 18.2 Å². The molecule has 0 unspecified atom stereocenters. The molecule has 1 saturated carbocycles. The van der Waals surface area contributed by atoms with Gasteiger partial charge in [0.05, 0.1) is 0 Å². The van der Waals surface area contributed by atoms with E-state index in [9.17, 15) is 18.8 Å². The van der Waals surface area contributed by atoms with E-state index in [-0.39, 0.29) is 30.0 Å². The third-order valence-electron chi connectivity index (χ3n) is 5.59. The van der Waals surface area contributed by atoms with Gasteiger partial charge in [0.15, 0.2) is 0 Å². The maximum atomic E-state index is 13.0. The van der Waals surface area contributed by atoms with Gasteiger partial charge in [0.25, 0.3) is 0 Å². The molecule has 4 rings (SSSR count). The van der Waals surface area contributed by atoms with E-state index in [0.29, 0.717) is 24.6 Å². The van der Waals surface area contributed by atoms with E-state index in [1.807, 2.05) is 4.90 Å². The van der Waals surface area contributed by atoms with E-state index in [4.69, 9.17) is 0 Å². The number of carbonyl (C=O) groups excluding carboxylic acids is 2. The Bertz CT molecular complexity index is 969. The lowest BCUT2D eigenvalue weighted by atomic mass is 9.95. The van der Waals surface area contributed by atoms with Crippen LogP contribution in [0.25, 0.3) is 0 Å². The number of likely N-dealkylation sites (tertiary alicyclic amines) is 1. The van der Waals surface area contributed by atoms with E-state index in [1.54, 1.807) is 7.05 Å². The van der Waals surface area contributed by atoms with Crippen molar-refractivity contribution in [2.45, 2.75) is 38.1 Å². The van der Waals surface area contributed by atoms with Crippen molar-refractivity contribution >= 4 is 17.5 Å². The number of amides is 2. The number of piperidine rings is 1. The van der Waals surface area contributed by atoms with Gasteiger partial charge < -0.3 is 10.2 Å². The van der Waals surface area contributed by atoms with Gasteiger partial charge in [0.2, 0.25) is 11.8 Å². The average Bonchev–Trinajstić information content (AvgIpc) is 3.53. The number of hydrogen-bond donors (Lipinski definition) is 1. The van der Waals surface area contributed by atoms with Crippen molar-refractivity contribution in [1.82, 2.24) is 19.2 Å². The molecule has 1 aliphatic heterocycles. The van der Waals surface area contributed by atoms with Crippen LogP contribution in [-0.2, 0) is 23.2 Å². The Morgan fingerprint density at radius 1 is 1.14 bits per heavy atom. The van der Waals surface area contributed by atoms with Crippen molar-refractivity contribution in [3.63, 3.8) is 0 Å². The summed E-state index contributed by atoms with van der Waals surface area (Å²) in [6.45, 7) is 1.13. The third kappa shape index (κ3) is 4.23. The second-order valence-corrected chi connectivity index (χ2v) is 7.79. The first kappa shape index (κ1) is 19.4. The molecule has 2 amide bonds. The van der Waals surface area contributed by atoms with Gasteiger partial charge in [-0.15, -0.1) is 0 Å². The highest BCUT2D eigenvalue weighted by Crippen LogP contribution is 2.33. The van der Waals surface area contributed by atoms with Crippen molar-refractivity contribution in [2.75, 3.05) is 18.4 Å². The van der Waals surface area contributed by atoms with E-state index >= 15 is 0 Å². The SMILES string of the molecule is Cn1c(C2CCN(C(=O)C3CC3)CC2)nn(CC(=O)Nc2ccc(F)cc2)c1=O. The van der Waals surface area contributed by atoms with Crippen molar-refractivity contribution in [1.29, 1.82) is 0 Å². The van der Waals surface area contributed by atoms with Crippen LogP contribution in [0.15, 0.2) is 29.1 Å². The van der Waals surface area contributed by atoms with Crippen molar-refractivity contribution in [3.8, 4) is 0 Å². The van der Waals surface area contributed by atoms with Crippen LogP contribution >= 0.6 is 0 Å². The molecular weight excluding hydrogens is 377 g/mol. The summed E-state index contributed by atoms with van der Waals surface area (Å²) in [7, 11) is 1.65. The quantitative estimate of drug-likeness (QED) is 0.822. The number of aromatic nitrogens is 3. The molecule has 2 heterocycles. The Morgan fingerprint density at radius 3 is 2.41 bits per heavy atom. The van der Waals surface area contributed by atoms with Gasteiger partial charge in [-0.05, 0) is 49.9 Å². The Morgan fingerprint density at radius 2 is 1.79 bits per heavy atom. The molecule has 0 radical (unpaired) electrons. The fourth-order valence-corrected chi connectivity index (χ4v) is 3.78. The van der Waals surface area contributed by atoms with E-state index in [1.165, 1.54) is 28.8 Å². The number of rotatable bonds is 5. The second-order valence-electron chi connectivity index (χ2n) is 7.79. The lowest BCUT2D eigenvalue weighted by Crippen LogP contribution is -2.39. The number of benzene rings is 1. The fourth-order valence-electron chi connectivity index (χ4n) is 3.78. The number of nitrogens with one attached hydrogen (secondary N) is 1. The molecule has 1 aromatic carbocycles. The number of anilines is 1. The minimum absolute atomic E-state index is 0.0809. The van der Waals surface area contributed by atoms with Gasteiger partial charge >= 0.3 is 5.69 Å². The highest BCUT2D eigenvalue weighted by molar-refractivity contribution is 5.90. The lowest BCUT2D eigenvalue weighted by molar-refractivity contribution is -0.133. The normalized spacial score (nSPS) is 17.4. The molecule has 2 fully saturated rings. The Kier molecular flexibility index (Phi) is 5.21. The highest BCUT2D eigenvalue weighted by atomic mass is 19.1. The lowest BCUT2D eigenvalue weighted by Gasteiger charge is -2.31.